The first kappa shape index (κ1) is 23.3. The Hall–Kier alpha value is -1.94. The van der Waals surface area contributed by atoms with Gasteiger partial charge in [0.15, 0.2) is 5.96 Å². The highest BCUT2D eigenvalue weighted by atomic mass is 127. The first-order valence-corrected chi connectivity index (χ1v) is 10.5. The lowest BCUT2D eigenvalue weighted by Crippen LogP contribution is -2.36. The van der Waals surface area contributed by atoms with E-state index in [-0.39, 0.29) is 24.0 Å². The quantitative estimate of drug-likeness (QED) is 0.261. The van der Waals surface area contributed by atoms with Crippen LogP contribution in [-0.2, 0) is 19.6 Å². The van der Waals surface area contributed by atoms with Crippen LogP contribution in [0.4, 0.5) is 0 Å². The van der Waals surface area contributed by atoms with Crippen LogP contribution in [0.2, 0.25) is 0 Å². The summed E-state index contributed by atoms with van der Waals surface area (Å²) >= 11 is 1.69. The fraction of sp³-hybridized carbons (Fsp3) is 0.381. The van der Waals surface area contributed by atoms with Gasteiger partial charge in [0.1, 0.15) is 5.01 Å². The number of nitrogens with one attached hydrogen (secondary N) is 2. The number of thiazole rings is 1. The topological polar surface area (TPSA) is 67.1 Å². The van der Waals surface area contributed by atoms with Crippen molar-refractivity contribution in [3.63, 3.8) is 0 Å². The van der Waals surface area contributed by atoms with Crippen LogP contribution in [0.1, 0.15) is 48.5 Å². The van der Waals surface area contributed by atoms with Crippen molar-refractivity contribution in [3.8, 4) is 0 Å². The van der Waals surface area contributed by atoms with Gasteiger partial charge in [0.2, 0.25) is 0 Å². The first-order chi connectivity index (χ1) is 13.7. The van der Waals surface area contributed by atoms with Crippen molar-refractivity contribution in [2.75, 3.05) is 6.54 Å². The van der Waals surface area contributed by atoms with E-state index in [1.807, 2.05) is 16.9 Å². The van der Waals surface area contributed by atoms with Gasteiger partial charge in [-0.15, -0.1) is 35.3 Å². The number of benzene rings is 1. The van der Waals surface area contributed by atoms with Gasteiger partial charge >= 0.3 is 0 Å². The van der Waals surface area contributed by atoms with Crippen LogP contribution >= 0.6 is 35.3 Å². The summed E-state index contributed by atoms with van der Waals surface area (Å²) < 4.78 is 1.93. The molecule has 0 amide bonds. The summed E-state index contributed by atoms with van der Waals surface area (Å²) in [5, 5.41) is 14.2. The molecule has 0 aliphatic carbocycles. The van der Waals surface area contributed by atoms with E-state index in [0.29, 0.717) is 19.0 Å². The van der Waals surface area contributed by atoms with Crippen LogP contribution in [0, 0.1) is 0 Å². The maximum atomic E-state index is 4.77. The van der Waals surface area contributed by atoms with E-state index in [0.717, 1.165) is 29.8 Å². The Morgan fingerprint density at radius 3 is 2.62 bits per heavy atom. The Morgan fingerprint density at radius 2 is 1.97 bits per heavy atom. The highest BCUT2D eigenvalue weighted by Gasteiger charge is 2.07. The lowest BCUT2D eigenvalue weighted by molar-refractivity contribution is 0.680. The normalized spacial score (nSPS) is 11.4. The molecule has 0 atom stereocenters. The summed E-state index contributed by atoms with van der Waals surface area (Å²) in [7, 11) is 0. The van der Waals surface area contributed by atoms with Gasteiger partial charge in [-0.2, -0.15) is 5.10 Å². The van der Waals surface area contributed by atoms with Crippen molar-refractivity contribution >= 4 is 41.3 Å². The molecule has 29 heavy (non-hydrogen) atoms. The van der Waals surface area contributed by atoms with Crippen LogP contribution in [0.15, 0.2) is 53.1 Å². The number of aliphatic imine (C=N–C) groups is 1. The highest BCUT2D eigenvalue weighted by molar-refractivity contribution is 14.0. The van der Waals surface area contributed by atoms with Crippen molar-refractivity contribution in [2.24, 2.45) is 4.99 Å². The van der Waals surface area contributed by atoms with Crippen LogP contribution in [0.5, 0.6) is 0 Å². The van der Waals surface area contributed by atoms with E-state index in [1.165, 1.54) is 11.1 Å². The molecule has 0 fully saturated rings. The molecule has 0 aliphatic rings. The Kier molecular flexibility index (Phi) is 9.59. The predicted octanol–water partition coefficient (Wildman–Crippen LogP) is 4.38. The summed E-state index contributed by atoms with van der Waals surface area (Å²) in [6, 6.07) is 10.3. The molecular formula is C21H29IN6S. The molecule has 6 nitrogen and oxygen atoms in total. The summed E-state index contributed by atoms with van der Waals surface area (Å²) in [5.41, 5.74) is 3.58. The van der Waals surface area contributed by atoms with E-state index >= 15 is 0 Å². The molecule has 0 unspecified atom stereocenters. The number of hydrogen-bond acceptors (Lipinski definition) is 4. The maximum Gasteiger partial charge on any atom is 0.191 e. The molecule has 2 heterocycles. The molecule has 0 saturated heterocycles. The molecule has 3 rings (SSSR count). The van der Waals surface area contributed by atoms with Gasteiger partial charge in [-0.25, -0.2) is 9.98 Å². The number of halogens is 1. The van der Waals surface area contributed by atoms with Gasteiger partial charge in [0, 0.05) is 24.3 Å². The van der Waals surface area contributed by atoms with Gasteiger partial charge in [-0.05, 0) is 30.0 Å². The molecule has 0 bridgehead atoms. The molecule has 156 valence electrons. The third-order valence-corrected chi connectivity index (χ3v) is 5.20. The predicted molar refractivity (Wildman–Crippen MR) is 131 cm³/mol. The maximum absolute atomic E-state index is 4.77. The van der Waals surface area contributed by atoms with Gasteiger partial charge in [-0.1, -0.05) is 38.1 Å². The molecule has 0 saturated carbocycles. The van der Waals surface area contributed by atoms with Gasteiger partial charge < -0.3 is 10.6 Å². The van der Waals surface area contributed by atoms with E-state index < -0.39 is 0 Å². The lowest BCUT2D eigenvalue weighted by Gasteiger charge is -2.12. The summed E-state index contributed by atoms with van der Waals surface area (Å²) in [5.74, 6) is 1.26. The molecule has 1 aromatic carbocycles. The van der Waals surface area contributed by atoms with Gasteiger partial charge in [0.05, 0.1) is 25.3 Å². The van der Waals surface area contributed by atoms with Crippen molar-refractivity contribution in [2.45, 2.75) is 46.3 Å². The summed E-state index contributed by atoms with van der Waals surface area (Å²) in [4.78, 5) is 9.45. The fourth-order valence-corrected chi connectivity index (χ4v) is 3.67. The monoisotopic (exact) mass is 524 g/mol. The van der Waals surface area contributed by atoms with E-state index in [1.54, 1.807) is 17.5 Å². The molecule has 2 N–H and O–H groups in total. The molecule has 8 heteroatoms. The molecular weight excluding hydrogens is 495 g/mol. The second kappa shape index (κ2) is 11.9. The largest absolute Gasteiger partial charge is 0.357 e. The van der Waals surface area contributed by atoms with Gasteiger partial charge in [0.25, 0.3) is 0 Å². The Balaban J connectivity index is 0.00000300. The standard InChI is InChI=1S/C21H28N6S.HI/c1-4-22-21(24-13-20-26-19(15-28-20)16(2)3)23-12-17-8-5-6-9-18(17)14-27-11-7-10-25-27;/h5-11,15-16H,4,12-14H2,1-3H3,(H2,22,23,24);1H. The van der Waals surface area contributed by atoms with Crippen molar-refractivity contribution in [1.29, 1.82) is 0 Å². The number of nitrogens with zero attached hydrogens (tertiary/aromatic N) is 4. The third kappa shape index (κ3) is 7.11. The summed E-state index contributed by atoms with van der Waals surface area (Å²) in [6.07, 6.45) is 3.78. The van der Waals surface area contributed by atoms with Crippen molar-refractivity contribution in [3.05, 3.63) is 69.9 Å². The van der Waals surface area contributed by atoms with E-state index in [9.17, 15) is 0 Å². The average Bonchev–Trinajstić information content (AvgIpc) is 3.37. The second-order valence-electron chi connectivity index (χ2n) is 6.84. The number of aromatic nitrogens is 3. The molecule has 0 aliphatic heterocycles. The van der Waals surface area contributed by atoms with Gasteiger partial charge in [-0.3, -0.25) is 4.68 Å². The number of hydrogen-bond donors (Lipinski definition) is 2. The van der Waals surface area contributed by atoms with Crippen LogP contribution < -0.4 is 10.6 Å². The Bertz CT molecular complexity index is 888. The molecule has 3 aromatic rings. The average molecular weight is 524 g/mol. The molecule has 0 radical (unpaired) electrons. The van der Waals surface area contributed by atoms with E-state index in [2.05, 4.69) is 71.1 Å². The van der Waals surface area contributed by atoms with E-state index in [4.69, 9.17) is 4.99 Å². The van der Waals surface area contributed by atoms with Crippen molar-refractivity contribution < 1.29 is 0 Å². The first-order valence-electron chi connectivity index (χ1n) is 9.66. The SMILES string of the molecule is CCNC(=NCc1ccccc1Cn1cccn1)NCc1nc(C(C)C)cs1.I. The Morgan fingerprint density at radius 1 is 1.17 bits per heavy atom. The fourth-order valence-electron chi connectivity index (χ4n) is 2.77. The molecule has 0 spiro atoms. The van der Waals surface area contributed by atoms with Crippen LogP contribution in [0.3, 0.4) is 0 Å². The summed E-state index contributed by atoms with van der Waals surface area (Å²) in [6.45, 7) is 9.26. The van der Waals surface area contributed by atoms with Crippen molar-refractivity contribution in [1.82, 2.24) is 25.4 Å². The molecule has 2 aromatic heterocycles. The minimum Gasteiger partial charge on any atom is -0.357 e. The second-order valence-corrected chi connectivity index (χ2v) is 7.78. The lowest BCUT2D eigenvalue weighted by atomic mass is 10.1. The minimum absolute atomic E-state index is 0. The van der Waals surface area contributed by atoms with Crippen LogP contribution in [-0.4, -0.2) is 27.3 Å². The number of guanidine groups is 1. The van der Waals surface area contributed by atoms with Crippen LogP contribution in [0.25, 0.3) is 0 Å². The number of rotatable bonds is 8. The zero-order valence-electron chi connectivity index (χ0n) is 17.1. The zero-order valence-corrected chi connectivity index (χ0v) is 20.3. The highest BCUT2D eigenvalue weighted by Crippen LogP contribution is 2.17. The smallest absolute Gasteiger partial charge is 0.191 e. The minimum atomic E-state index is 0. The Labute approximate surface area is 193 Å². The third-order valence-electron chi connectivity index (χ3n) is 4.33. The zero-order chi connectivity index (χ0) is 19.8.